The van der Waals surface area contributed by atoms with E-state index >= 15 is 0 Å². The number of nitrogens with zero attached hydrogens (tertiary/aromatic N) is 3. The van der Waals surface area contributed by atoms with Gasteiger partial charge in [-0.05, 0) is 24.8 Å². The highest BCUT2D eigenvalue weighted by molar-refractivity contribution is 7.98. The van der Waals surface area contributed by atoms with Crippen LogP contribution in [-0.2, 0) is 6.54 Å². The minimum Gasteiger partial charge on any atom is -0.291 e. The van der Waals surface area contributed by atoms with E-state index in [1.807, 2.05) is 25.3 Å². The molecule has 5 nitrogen and oxygen atoms in total. The Hall–Kier alpha value is -1.79. The summed E-state index contributed by atoms with van der Waals surface area (Å²) in [5.41, 5.74) is 2.53. The van der Waals surface area contributed by atoms with Crippen LogP contribution in [0.3, 0.4) is 0 Å². The molecule has 0 unspecified atom stereocenters. The maximum absolute atomic E-state index is 12.4. The Morgan fingerprint density at radius 3 is 2.95 bits per heavy atom. The predicted octanol–water partition coefficient (Wildman–Crippen LogP) is 3.71. The molecule has 0 fully saturated rings. The molecule has 2 heterocycles. The van der Waals surface area contributed by atoms with E-state index in [1.54, 1.807) is 17.2 Å². The number of carbonyl (C=O) groups is 1. The highest BCUT2D eigenvalue weighted by atomic mass is 35.5. The largest absolute Gasteiger partial charge is 0.327 e. The Bertz CT molecular complexity index is 702. The fraction of sp³-hybridized carbons (Fsp3) is 0.214. The van der Waals surface area contributed by atoms with E-state index in [0.29, 0.717) is 22.5 Å². The molecule has 0 spiro atoms. The maximum atomic E-state index is 12.4. The third-order valence-electron chi connectivity index (χ3n) is 3.28. The van der Waals surface area contributed by atoms with Crippen LogP contribution in [0.4, 0.5) is 16.3 Å². The summed E-state index contributed by atoms with van der Waals surface area (Å²) in [5.74, 6) is 0.570. The van der Waals surface area contributed by atoms with Crippen LogP contribution < -0.4 is 10.2 Å². The monoisotopic (exact) mass is 320 g/mol. The van der Waals surface area contributed by atoms with Gasteiger partial charge < -0.3 is 0 Å². The number of hydrogen-bond acceptors (Lipinski definition) is 4. The quantitative estimate of drug-likeness (QED) is 0.677. The van der Waals surface area contributed by atoms with Gasteiger partial charge in [0.15, 0.2) is 5.16 Å². The summed E-state index contributed by atoms with van der Waals surface area (Å²) < 4.78 is 0. The number of halogens is 1. The number of anilines is 2. The van der Waals surface area contributed by atoms with Gasteiger partial charge in [0, 0.05) is 11.8 Å². The first-order valence-electron chi connectivity index (χ1n) is 6.33. The number of fused-ring (bicyclic) bond motifs is 1. The molecule has 0 atom stereocenters. The number of carbonyl (C=O) groups excluding carboxylic acids is 1. The number of nitrogens with one attached hydrogen (secondary N) is 1. The summed E-state index contributed by atoms with van der Waals surface area (Å²) in [6.45, 7) is 2.33. The third kappa shape index (κ3) is 2.56. The van der Waals surface area contributed by atoms with Gasteiger partial charge in [-0.25, -0.2) is 14.8 Å². The van der Waals surface area contributed by atoms with Crippen molar-refractivity contribution in [3.05, 3.63) is 40.5 Å². The number of benzene rings is 1. The molecule has 1 aromatic carbocycles. The smallest absolute Gasteiger partial charge is 0.291 e. The van der Waals surface area contributed by atoms with Gasteiger partial charge in [0.2, 0.25) is 0 Å². The zero-order valence-corrected chi connectivity index (χ0v) is 13.1. The zero-order valence-electron chi connectivity index (χ0n) is 11.6. The van der Waals surface area contributed by atoms with Gasteiger partial charge >= 0.3 is 6.03 Å². The molecule has 0 bridgehead atoms. The van der Waals surface area contributed by atoms with E-state index in [0.717, 1.165) is 16.8 Å². The molecule has 0 aliphatic carbocycles. The van der Waals surface area contributed by atoms with Crippen molar-refractivity contribution in [2.45, 2.75) is 18.6 Å². The number of para-hydroxylation sites is 1. The van der Waals surface area contributed by atoms with Crippen molar-refractivity contribution in [1.82, 2.24) is 9.97 Å². The summed E-state index contributed by atoms with van der Waals surface area (Å²) >= 11 is 7.68. The van der Waals surface area contributed by atoms with Gasteiger partial charge in [0.25, 0.3) is 0 Å². The molecule has 1 N–H and O–H groups in total. The van der Waals surface area contributed by atoms with Crippen LogP contribution in [-0.4, -0.2) is 22.3 Å². The van der Waals surface area contributed by atoms with Crippen LogP contribution in [0.2, 0.25) is 5.02 Å². The topological polar surface area (TPSA) is 58.1 Å². The molecule has 2 amide bonds. The van der Waals surface area contributed by atoms with E-state index in [2.05, 4.69) is 15.3 Å². The molecule has 0 saturated carbocycles. The Balaban J connectivity index is 2.01. The van der Waals surface area contributed by atoms with E-state index < -0.39 is 0 Å². The third-order valence-corrected chi connectivity index (χ3v) is 4.15. The van der Waals surface area contributed by atoms with Crippen LogP contribution in [0.1, 0.15) is 11.1 Å². The summed E-state index contributed by atoms with van der Waals surface area (Å²) in [7, 11) is 0. The lowest BCUT2D eigenvalue weighted by atomic mass is 10.1. The van der Waals surface area contributed by atoms with Crippen LogP contribution in [0.15, 0.2) is 29.6 Å². The second-order valence-electron chi connectivity index (χ2n) is 4.65. The normalized spacial score (nSPS) is 13.9. The van der Waals surface area contributed by atoms with E-state index in [9.17, 15) is 4.79 Å². The first kappa shape index (κ1) is 14.2. The predicted molar refractivity (Wildman–Crippen MR) is 85.2 cm³/mol. The number of thioether (sulfide) groups is 1. The molecule has 1 aromatic heterocycles. The lowest BCUT2D eigenvalue weighted by Gasteiger charge is -2.30. The maximum Gasteiger partial charge on any atom is 0.327 e. The van der Waals surface area contributed by atoms with Crippen molar-refractivity contribution in [3.63, 3.8) is 0 Å². The number of amides is 2. The molecule has 21 heavy (non-hydrogen) atoms. The van der Waals surface area contributed by atoms with Crippen molar-refractivity contribution in [2.24, 2.45) is 0 Å². The standard InChI is InChI=1S/C14H13ClN4OS/c1-8-4-3-5-10(15)11(8)19-7-9-6-16-13(21-2)17-12(9)18-14(19)20/h3-6H,7H2,1-2H3,(H,16,17,18,20). The Morgan fingerprint density at radius 1 is 1.43 bits per heavy atom. The number of aromatic nitrogens is 2. The average Bonchev–Trinajstić information content (AvgIpc) is 2.47. The van der Waals surface area contributed by atoms with Crippen LogP contribution >= 0.6 is 23.4 Å². The minimum atomic E-state index is -0.232. The number of urea groups is 1. The molecular formula is C14H13ClN4OS. The molecule has 3 rings (SSSR count). The molecule has 0 saturated heterocycles. The molecule has 7 heteroatoms. The molecule has 2 aromatic rings. The second-order valence-corrected chi connectivity index (χ2v) is 5.83. The SMILES string of the molecule is CSc1ncc2c(n1)NC(=O)N(c1c(C)cccc1Cl)C2. The van der Waals surface area contributed by atoms with Gasteiger partial charge in [0.1, 0.15) is 5.82 Å². The van der Waals surface area contributed by atoms with Gasteiger partial charge in [-0.1, -0.05) is 35.5 Å². The summed E-state index contributed by atoms with van der Waals surface area (Å²) in [4.78, 5) is 22.5. The summed E-state index contributed by atoms with van der Waals surface area (Å²) in [5, 5.41) is 3.99. The van der Waals surface area contributed by atoms with Crippen molar-refractivity contribution in [1.29, 1.82) is 0 Å². The molecule has 108 valence electrons. The van der Waals surface area contributed by atoms with Crippen molar-refractivity contribution in [2.75, 3.05) is 16.5 Å². The first-order valence-corrected chi connectivity index (χ1v) is 7.94. The Labute approximate surface area is 131 Å². The van der Waals surface area contributed by atoms with Crippen molar-refractivity contribution in [3.8, 4) is 0 Å². The van der Waals surface area contributed by atoms with Crippen molar-refractivity contribution >= 4 is 40.9 Å². The fourth-order valence-electron chi connectivity index (χ4n) is 2.27. The fourth-order valence-corrected chi connectivity index (χ4v) is 2.93. The molecule has 1 aliphatic rings. The summed E-state index contributed by atoms with van der Waals surface area (Å²) in [6, 6.07) is 5.34. The lowest BCUT2D eigenvalue weighted by Crippen LogP contribution is -2.39. The second kappa shape index (κ2) is 5.54. The van der Waals surface area contributed by atoms with Crippen LogP contribution in [0, 0.1) is 6.92 Å². The first-order chi connectivity index (χ1) is 10.1. The summed E-state index contributed by atoms with van der Waals surface area (Å²) in [6.07, 6.45) is 3.64. The van der Waals surface area contributed by atoms with Gasteiger partial charge in [0.05, 0.1) is 17.3 Å². The highest BCUT2D eigenvalue weighted by Gasteiger charge is 2.27. The zero-order chi connectivity index (χ0) is 15.0. The van der Waals surface area contributed by atoms with Gasteiger partial charge in [-0.3, -0.25) is 10.2 Å². The Morgan fingerprint density at radius 2 is 2.24 bits per heavy atom. The van der Waals surface area contributed by atoms with Crippen LogP contribution in [0.25, 0.3) is 0 Å². The molecule has 0 radical (unpaired) electrons. The highest BCUT2D eigenvalue weighted by Crippen LogP contribution is 2.34. The van der Waals surface area contributed by atoms with E-state index in [-0.39, 0.29) is 6.03 Å². The van der Waals surface area contributed by atoms with Gasteiger partial charge in [-0.2, -0.15) is 0 Å². The average molecular weight is 321 g/mol. The van der Waals surface area contributed by atoms with E-state index in [4.69, 9.17) is 11.6 Å². The van der Waals surface area contributed by atoms with E-state index in [1.165, 1.54) is 11.8 Å². The van der Waals surface area contributed by atoms with Crippen LogP contribution in [0.5, 0.6) is 0 Å². The molecular weight excluding hydrogens is 308 g/mol. The lowest BCUT2D eigenvalue weighted by molar-refractivity contribution is 0.255. The Kier molecular flexibility index (Phi) is 3.73. The number of aryl methyl sites for hydroxylation is 1. The van der Waals surface area contributed by atoms with Gasteiger partial charge in [-0.15, -0.1) is 0 Å². The minimum absolute atomic E-state index is 0.232. The molecule has 1 aliphatic heterocycles. The van der Waals surface area contributed by atoms with Crippen molar-refractivity contribution < 1.29 is 4.79 Å². The number of rotatable bonds is 2. The number of hydrogen-bond donors (Lipinski definition) is 1.